The van der Waals surface area contributed by atoms with E-state index in [0.717, 1.165) is 18.2 Å². The number of halogens is 7. The molecular formula is C21H12F7NO3. The molecule has 11 heteroatoms. The van der Waals surface area contributed by atoms with Crippen LogP contribution in [0.3, 0.4) is 0 Å². The molecule has 0 fully saturated rings. The van der Waals surface area contributed by atoms with Crippen molar-refractivity contribution in [2.24, 2.45) is 0 Å². The van der Waals surface area contributed by atoms with Gasteiger partial charge in [-0.05, 0) is 54.6 Å². The van der Waals surface area contributed by atoms with Crippen LogP contribution in [0.4, 0.5) is 36.4 Å². The molecule has 0 saturated carbocycles. The van der Waals surface area contributed by atoms with Gasteiger partial charge in [0.15, 0.2) is 0 Å². The minimum Gasteiger partial charge on any atom is -0.508 e. The Labute approximate surface area is 175 Å². The third-order valence-corrected chi connectivity index (χ3v) is 4.11. The number of rotatable bonds is 4. The van der Waals surface area contributed by atoms with E-state index >= 15 is 0 Å². The molecule has 0 spiro atoms. The van der Waals surface area contributed by atoms with E-state index in [1.54, 1.807) is 0 Å². The zero-order valence-electron chi connectivity index (χ0n) is 15.7. The van der Waals surface area contributed by atoms with Crippen molar-refractivity contribution in [3.8, 4) is 17.2 Å². The van der Waals surface area contributed by atoms with Crippen LogP contribution in [0.25, 0.3) is 0 Å². The molecule has 2 N–H and O–H groups in total. The summed E-state index contributed by atoms with van der Waals surface area (Å²) in [5.41, 5.74) is -3.26. The Morgan fingerprint density at radius 2 is 1.34 bits per heavy atom. The lowest BCUT2D eigenvalue weighted by Crippen LogP contribution is -2.13. The van der Waals surface area contributed by atoms with E-state index in [0.29, 0.717) is 12.1 Å². The Hall–Kier alpha value is -3.76. The fourth-order valence-corrected chi connectivity index (χ4v) is 2.61. The molecule has 0 radical (unpaired) electrons. The largest absolute Gasteiger partial charge is 0.508 e. The molecule has 3 aromatic carbocycles. The molecule has 0 atom stereocenters. The predicted molar refractivity (Wildman–Crippen MR) is 99.0 cm³/mol. The van der Waals surface area contributed by atoms with Crippen molar-refractivity contribution in [3.63, 3.8) is 0 Å². The number of phenols is 1. The summed E-state index contributed by atoms with van der Waals surface area (Å²) in [5.74, 6) is -2.97. The topological polar surface area (TPSA) is 58.6 Å². The van der Waals surface area contributed by atoms with Crippen molar-refractivity contribution >= 4 is 11.6 Å². The van der Waals surface area contributed by atoms with Gasteiger partial charge in [0.05, 0.1) is 16.7 Å². The third kappa shape index (κ3) is 5.48. The van der Waals surface area contributed by atoms with Crippen molar-refractivity contribution in [1.29, 1.82) is 0 Å². The van der Waals surface area contributed by atoms with Crippen LogP contribution in [0, 0.1) is 5.82 Å². The van der Waals surface area contributed by atoms with E-state index in [4.69, 9.17) is 4.74 Å². The Morgan fingerprint density at radius 3 is 1.84 bits per heavy atom. The zero-order valence-corrected chi connectivity index (χ0v) is 15.7. The Balaban J connectivity index is 1.79. The number of hydrogen-bond donors (Lipinski definition) is 2. The number of phenolic OH excluding ortho intramolecular Hbond substituents is 1. The quantitative estimate of drug-likeness (QED) is 0.432. The summed E-state index contributed by atoms with van der Waals surface area (Å²) in [6, 6.07) is 8.64. The Kier molecular flexibility index (Phi) is 6.02. The van der Waals surface area contributed by atoms with Gasteiger partial charge in [-0.1, -0.05) is 0 Å². The normalized spacial score (nSPS) is 11.8. The maximum absolute atomic E-state index is 13.7. The number of ether oxygens (including phenoxy) is 1. The lowest BCUT2D eigenvalue weighted by Gasteiger charge is -2.15. The van der Waals surface area contributed by atoms with E-state index in [-0.39, 0.29) is 28.8 Å². The highest BCUT2D eigenvalue weighted by Gasteiger charge is 2.37. The van der Waals surface area contributed by atoms with E-state index in [2.05, 4.69) is 5.32 Å². The van der Waals surface area contributed by atoms with Crippen molar-refractivity contribution in [1.82, 2.24) is 0 Å². The first-order chi connectivity index (χ1) is 14.8. The van der Waals surface area contributed by atoms with Crippen LogP contribution in [-0.4, -0.2) is 11.0 Å². The second kappa shape index (κ2) is 8.40. The van der Waals surface area contributed by atoms with Gasteiger partial charge >= 0.3 is 12.4 Å². The van der Waals surface area contributed by atoms with Crippen LogP contribution in [0.2, 0.25) is 0 Å². The molecule has 0 bridgehead atoms. The molecule has 32 heavy (non-hydrogen) atoms. The van der Waals surface area contributed by atoms with Crippen LogP contribution in [-0.2, 0) is 12.4 Å². The van der Waals surface area contributed by atoms with Crippen molar-refractivity contribution in [2.45, 2.75) is 12.4 Å². The molecule has 4 nitrogen and oxygen atoms in total. The van der Waals surface area contributed by atoms with Crippen LogP contribution in [0.5, 0.6) is 17.2 Å². The third-order valence-electron chi connectivity index (χ3n) is 4.11. The summed E-state index contributed by atoms with van der Waals surface area (Å²) in [4.78, 5) is 12.1. The highest BCUT2D eigenvalue weighted by atomic mass is 19.4. The number of aromatic hydroxyl groups is 1. The van der Waals surface area contributed by atoms with Crippen LogP contribution < -0.4 is 10.1 Å². The highest BCUT2D eigenvalue weighted by Crippen LogP contribution is 2.39. The van der Waals surface area contributed by atoms with E-state index in [1.165, 1.54) is 24.3 Å². The molecule has 3 aromatic rings. The Morgan fingerprint density at radius 1 is 0.781 bits per heavy atom. The summed E-state index contributed by atoms with van der Waals surface area (Å²) in [5, 5.41) is 11.5. The van der Waals surface area contributed by atoms with Gasteiger partial charge in [0.25, 0.3) is 5.91 Å². The number of amides is 1. The number of carbonyl (C=O) groups is 1. The van der Waals surface area contributed by atoms with Gasteiger partial charge in [0.1, 0.15) is 23.1 Å². The molecule has 3 rings (SSSR count). The van der Waals surface area contributed by atoms with E-state index in [1.807, 2.05) is 0 Å². The van der Waals surface area contributed by atoms with Gasteiger partial charge in [-0.3, -0.25) is 4.79 Å². The lowest BCUT2D eigenvalue weighted by molar-refractivity contribution is -0.143. The second-order valence-corrected chi connectivity index (χ2v) is 6.49. The predicted octanol–water partition coefficient (Wildman–Crippen LogP) is 6.61. The minimum atomic E-state index is -5.02. The first-order valence-corrected chi connectivity index (χ1v) is 8.70. The summed E-state index contributed by atoms with van der Waals surface area (Å²) >= 11 is 0. The van der Waals surface area contributed by atoms with Crippen molar-refractivity contribution < 1.29 is 45.4 Å². The zero-order chi connectivity index (χ0) is 23.7. The number of anilines is 1. The molecule has 0 aliphatic heterocycles. The monoisotopic (exact) mass is 459 g/mol. The molecule has 0 aromatic heterocycles. The smallest absolute Gasteiger partial charge is 0.416 e. The standard InChI is InChI=1S/C21H12F7NO3/c22-18-10-14(30)3-6-17(18)19(31)29-13-1-4-15(5-2-13)32-16-8-11(20(23,24)25)7-12(9-16)21(26,27)28/h1-10,30H,(H,29,31). The fourth-order valence-electron chi connectivity index (χ4n) is 2.61. The molecule has 0 aliphatic carbocycles. The molecule has 1 amide bonds. The number of hydrogen-bond acceptors (Lipinski definition) is 3. The molecular weight excluding hydrogens is 447 g/mol. The summed E-state index contributed by atoms with van der Waals surface area (Å²) < 4.78 is 96.5. The van der Waals surface area contributed by atoms with Crippen LogP contribution in [0.1, 0.15) is 21.5 Å². The average Bonchev–Trinajstić information content (AvgIpc) is 2.68. The number of alkyl halides is 6. The first-order valence-electron chi connectivity index (χ1n) is 8.70. The SMILES string of the molecule is O=C(Nc1ccc(Oc2cc(C(F)(F)F)cc(C(F)(F)F)c2)cc1)c1ccc(O)cc1F. The molecule has 0 saturated heterocycles. The van der Waals surface area contributed by atoms with Gasteiger partial charge in [-0.2, -0.15) is 26.3 Å². The van der Waals surface area contributed by atoms with Gasteiger partial charge in [-0.25, -0.2) is 4.39 Å². The Bertz CT molecular complexity index is 1110. The van der Waals surface area contributed by atoms with Crippen LogP contribution >= 0.6 is 0 Å². The maximum atomic E-state index is 13.7. The average molecular weight is 459 g/mol. The van der Waals surface area contributed by atoms with Crippen molar-refractivity contribution in [2.75, 3.05) is 5.32 Å². The van der Waals surface area contributed by atoms with Crippen LogP contribution in [0.15, 0.2) is 60.7 Å². The van der Waals surface area contributed by atoms with Gasteiger partial charge in [0, 0.05) is 11.8 Å². The van der Waals surface area contributed by atoms with Gasteiger partial charge in [-0.15, -0.1) is 0 Å². The number of benzene rings is 3. The minimum absolute atomic E-state index is 0.0199. The van der Waals surface area contributed by atoms with E-state index in [9.17, 15) is 40.6 Å². The summed E-state index contributed by atoms with van der Waals surface area (Å²) in [6.45, 7) is 0. The van der Waals surface area contributed by atoms with E-state index < -0.39 is 41.0 Å². The van der Waals surface area contributed by atoms with Crippen molar-refractivity contribution in [3.05, 3.63) is 83.2 Å². The number of carbonyl (C=O) groups excluding carboxylic acids is 1. The lowest BCUT2D eigenvalue weighted by atomic mass is 10.1. The van der Waals surface area contributed by atoms with Gasteiger partial charge in [0.2, 0.25) is 0 Å². The fraction of sp³-hybridized carbons (Fsp3) is 0.0952. The first kappa shape index (κ1) is 22.9. The summed E-state index contributed by atoms with van der Waals surface area (Å²) in [6.07, 6.45) is -10.0. The number of nitrogens with one attached hydrogen (secondary N) is 1. The maximum Gasteiger partial charge on any atom is 0.416 e. The second-order valence-electron chi connectivity index (χ2n) is 6.49. The highest BCUT2D eigenvalue weighted by molar-refractivity contribution is 6.04. The summed E-state index contributed by atoms with van der Waals surface area (Å²) in [7, 11) is 0. The van der Waals surface area contributed by atoms with Gasteiger partial charge < -0.3 is 15.2 Å². The molecule has 0 aliphatic rings. The molecule has 0 unspecified atom stereocenters. The molecule has 168 valence electrons. The molecule has 0 heterocycles.